The molecule has 0 unspecified atom stereocenters. The lowest BCUT2D eigenvalue weighted by molar-refractivity contribution is 0.0915. The average molecular weight is 352 g/mol. The van der Waals surface area contributed by atoms with Crippen LogP contribution in [0.25, 0.3) is 11.3 Å². The molecule has 26 heavy (non-hydrogen) atoms. The zero-order chi connectivity index (χ0) is 18.5. The van der Waals surface area contributed by atoms with Gasteiger partial charge in [0, 0.05) is 12.1 Å². The molecule has 1 amide bonds. The van der Waals surface area contributed by atoms with Crippen LogP contribution in [0, 0.1) is 5.82 Å². The molecule has 0 spiro atoms. The summed E-state index contributed by atoms with van der Waals surface area (Å²) in [4.78, 5) is 14.5. The molecule has 1 heterocycles. The van der Waals surface area contributed by atoms with Crippen molar-refractivity contribution in [3.8, 4) is 11.3 Å². The van der Waals surface area contributed by atoms with E-state index < -0.39 is 0 Å². The van der Waals surface area contributed by atoms with E-state index in [0.717, 1.165) is 11.1 Å². The Kier molecular flexibility index (Phi) is 5.49. The van der Waals surface area contributed by atoms with Crippen LogP contribution in [0.2, 0.25) is 0 Å². The monoisotopic (exact) mass is 352 g/mol. The van der Waals surface area contributed by atoms with Gasteiger partial charge in [-0.15, -0.1) is 0 Å². The Bertz CT molecular complexity index is 857. The summed E-state index contributed by atoms with van der Waals surface area (Å²) in [7, 11) is 3.95. The number of carbonyl (C=O) groups excluding carboxylic acids is 1. The van der Waals surface area contributed by atoms with Crippen LogP contribution < -0.4 is 5.32 Å². The molecule has 4 nitrogen and oxygen atoms in total. The Hall–Kier alpha value is -2.92. The minimum Gasteiger partial charge on any atom is -0.451 e. The highest BCUT2D eigenvalue weighted by Gasteiger charge is 2.17. The van der Waals surface area contributed by atoms with Gasteiger partial charge in [0.1, 0.15) is 11.6 Å². The highest BCUT2D eigenvalue weighted by molar-refractivity contribution is 5.92. The second-order valence-electron chi connectivity index (χ2n) is 6.27. The van der Waals surface area contributed by atoms with Crippen molar-refractivity contribution in [3.63, 3.8) is 0 Å². The average Bonchev–Trinajstić information content (AvgIpc) is 3.13. The number of amides is 1. The normalized spacial score (nSPS) is 12.2. The molecule has 2 aromatic carbocycles. The number of halogens is 1. The first-order valence-electron chi connectivity index (χ1n) is 8.40. The maximum absolute atomic E-state index is 13.0. The molecule has 1 N–H and O–H groups in total. The van der Waals surface area contributed by atoms with Gasteiger partial charge in [0.25, 0.3) is 5.91 Å². The van der Waals surface area contributed by atoms with Crippen LogP contribution in [0.5, 0.6) is 0 Å². The molecule has 134 valence electrons. The summed E-state index contributed by atoms with van der Waals surface area (Å²) in [6.45, 7) is 0.461. The molecule has 3 rings (SSSR count). The van der Waals surface area contributed by atoms with Crippen LogP contribution >= 0.6 is 0 Å². The van der Waals surface area contributed by atoms with Crippen molar-refractivity contribution in [2.45, 2.75) is 6.04 Å². The van der Waals surface area contributed by atoms with E-state index in [4.69, 9.17) is 4.42 Å². The second kappa shape index (κ2) is 7.97. The first-order chi connectivity index (χ1) is 12.5. The summed E-state index contributed by atoms with van der Waals surface area (Å²) in [5.74, 6) is 0.173. The Morgan fingerprint density at radius 2 is 1.73 bits per heavy atom. The SMILES string of the molecule is CN(C)[C@H](CNC(=O)c1ccc(-c2ccc(F)cc2)o1)c1ccccc1. The Morgan fingerprint density at radius 3 is 2.38 bits per heavy atom. The van der Waals surface area contributed by atoms with Gasteiger partial charge in [0.05, 0.1) is 6.04 Å². The number of rotatable bonds is 6. The summed E-state index contributed by atoms with van der Waals surface area (Å²) < 4.78 is 18.6. The van der Waals surface area contributed by atoms with Crippen molar-refractivity contribution in [3.05, 3.63) is 83.9 Å². The quantitative estimate of drug-likeness (QED) is 0.726. The van der Waals surface area contributed by atoms with Crippen molar-refractivity contribution in [1.82, 2.24) is 10.2 Å². The summed E-state index contributed by atoms with van der Waals surface area (Å²) in [6, 6.07) is 19.4. The third-order valence-electron chi connectivity index (χ3n) is 4.22. The largest absolute Gasteiger partial charge is 0.451 e. The second-order valence-corrected chi connectivity index (χ2v) is 6.27. The number of likely N-dealkylation sites (N-methyl/N-ethyl adjacent to an activating group) is 1. The van der Waals surface area contributed by atoms with Gasteiger partial charge >= 0.3 is 0 Å². The molecule has 3 aromatic rings. The fourth-order valence-corrected chi connectivity index (χ4v) is 2.78. The van der Waals surface area contributed by atoms with Crippen LogP contribution in [-0.4, -0.2) is 31.4 Å². The molecule has 0 aliphatic carbocycles. The predicted molar refractivity (Wildman–Crippen MR) is 99.3 cm³/mol. The van der Waals surface area contributed by atoms with Crippen molar-refractivity contribution in [1.29, 1.82) is 0 Å². The summed E-state index contributed by atoms with van der Waals surface area (Å²) in [5.41, 5.74) is 1.85. The lowest BCUT2D eigenvalue weighted by atomic mass is 10.1. The van der Waals surface area contributed by atoms with Crippen LogP contribution in [0.15, 0.2) is 71.1 Å². The molecule has 0 saturated carbocycles. The number of furan rings is 1. The minimum atomic E-state index is -0.311. The maximum Gasteiger partial charge on any atom is 0.287 e. The van der Waals surface area contributed by atoms with E-state index in [1.807, 2.05) is 44.4 Å². The molecule has 0 aliphatic rings. The van der Waals surface area contributed by atoms with E-state index in [2.05, 4.69) is 10.2 Å². The molecule has 1 atom stereocenters. The van der Waals surface area contributed by atoms with Crippen molar-refractivity contribution < 1.29 is 13.6 Å². The fourth-order valence-electron chi connectivity index (χ4n) is 2.78. The van der Waals surface area contributed by atoms with E-state index in [1.54, 1.807) is 24.3 Å². The zero-order valence-corrected chi connectivity index (χ0v) is 14.8. The molecule has 0 aliphatic heterocycles. The van der Waals surface area contributed by atoms with Crippen LogP contribution in [-0.2, 0) is 0 Å². The molecule has 0 bridgehead atoms. The number of nitrogens with one attached hydrogen (secondary N) is 1. The van der Waals surface area contributed by atoms with Crippen molar-refractivity contribution in [2.75, 3.05) is 20.6 Å². The first-order valence-corrected chi connectivity index (χ1v) is 8.40. The van der Waals surface area contributed by atoms with Gasteiger partial charge < -0.3 is 14.6 Å². The van der Waals surface area contributed by atoms with E-state index in [-0.39, 0.29) is 23.5 Å². The van der Waals surface area contributed by atoms with Gasteiger partial charge in [-0.3, -0.25) is 4.79 Å². The van der Waals surface area contributed by atoms with E-state index in [0.29, 0.717) is 12.3 Å². The highest BCUT2D eigenvalue weighted by Crippen LogP contribution is 2.23. The van der Waals surface area contributed by atoms with Gasteiger partial charge in [-0.2, -0.15) is 0 Å². The van der Waals surface area contributed by atoms with Crippen LogP contribution in [0.4, 0.5) is 4.39 Å². The zero-order valence-electron chi connectivity index (χ0n) is 14.8. The molecule has 1 aromatic heterocycles. The standard InChI is InChI=1S/C21H21FN2O2/c1-24(2)18(15-6-4-3-5-7-15)14-23-21(25)20-13-12-19(26-20)16-8-10-17(22)11-9-16/h3-13,18H,14H2,1-2H3,(H,23,25)/t18-/m1/s1. The Balaban J connectivity index is 1.67. The lowest BCUT2D eigenvalue weighted by Crippen LogP contribution is -2.34. The summed E-state index contributed by atoms with van der Waals surface area (Å²) >= 11 is 0. The molecule has 0 fully saturated rings. The number of hydrogen-bond acceptors (Lipinski definition) is 3. The number of nitrogens with zero attached hydrogens (tertiary/aromatic N) is 1. The molecule has 0 saturated heterocycles. The van der Waals surface area contributed by atoms with E-state index in [1.165, 1.54) is 12.1 Å². The van der Waals surface area contributed by atoms with Crippen LogP contribution in [0.3, 0.4) is 0 Å². The van der Waals surface area contributed by atoms with Crippen molar-refractivity contribution in [2.24, 2.45) is 0 Å². The lowest BCUT2D eigenvalue weighted by Gasteiger charge is -2.24. The smallest absolute Gasteiger partial charge is 0.287 e. The van der Waals surface area contributed by atoms with E-state index >= 15 is 0 Å². The Labute approximate surface area is 152 Å². The maximum atomic E-state index is 13.0. The summed E-state index contributed by atoms with van der Waals surface area (Å²) in [6.07, 6.45) is 0. The topological polar surface area (TPSA) is 45.5 Å². The molecular weight excluding hydrogens is 331 g/mol. The summed E-state index contributed by atoms with van der Waals surface area (Å²) in [5, 5.41) is 2.92. The molecule has 5 heteroatoms. The van der Waals surface area contributed by atoms with Gasteiger partial charge in [0.2, 0.25) is 0 Å². The highest BCUT2D eigenvalue weighted by atomic mass is 19.1. The van der Waals surface area contributed by atoms with Gasteiger partial charge in [-0.1, -0.05) is 30.3 Å². The third kappa shape index (κ3) is 4.18. The third-order valence-corrected chi connectivity index (χ3v) is 4.22. The number of hydrogen-bond donors (Lipinski definition) is 1. The van der Waals surface area contributed by atoms with E-state index in [9.17, 15) is 9.18 Å². The number of carbonyl (C=O) groups is 1. The molecular formula is C21H21FN2O2. The predicted octanol–water partition coefficient (Wildman–Crippen LogP) is 4.12. The van der Waals surface area contributed by atoms with Crippen LogP contribution in [0.1, 0.15) is 22.2 Å². The number of benzene rings is 2. The Morgan fingerprint density at radius 1 is 1.04 bits per heavy atom. The molecule has 0 radical (unpaired) electrons. The van der Waals surface area contributed by atoms with Gasteiger partial charge in [-0.25, -0.2) is 4.39 Å². The minimum absolute atomic E-state index is 0.0617. The first kappa shape index (κ1) is 17.9. The van der Waals surface area contributed by atoms with Gasteiger partial charge in [-0.05, 0) is 56.1 Å². The van der Waals surface area contributed by atoms with Gasteiger partial charge in [0.15, 0.2) is 5.76 Å². The van der Waals surface area contributed by atoms with Crippen molar-refractivity contribution >= 4 is 5.91 Å². The fraction of sp³-hybridized carbons (Fsp3) is 0.190.